The number of anilines is 1. The Balaban J connectivity index is 2.27. The number of halogens is 2. The molecular formula is C14H11F2N5. The van der Waals surface area contributed by atoms with E-state index in [0.29, 0.717) is 28.2 Å². The van der Waals surface area contributed by atoms with Gasteiger partial charge >= 0.3 is 0 Å². The minimum Gasteiger partial charge on any atom is -0.383 e. The fraction of sp³-hybridized carbons (Fsp3) is 0.0714. The summed E-state index contributed by atoms with van der Waals surface area (Å²) in [5.41, 5.74) is 7.94. The number of aryl methyl sites for hydroxylation is 1. The highest BCUT2D eigenvalue weighted by molar-refractivity contribution is 5.87. The standard InChI is InChI=1S/C14H11F2N5/c1-21-14(17)12(9-4-10(15)6-11(16)5-9)13(20-21)8-2-3-18-19-7-8/h2-7H,17H2,1H3. The van der Waals surface area contributed by atoms with E-state index >= 15 is 0 Å². The Morgan fingerprint density at radius 1 is 1.05 bits per heavy atom. The molecule has 0 saturated carbocycles. The van der Waals surface area contributed by atoms with Crippen molar-refractivity contribution in [2.45, 2.75) is 0 Å². The van der Waals surface area contributed by atoms with E-state index in [0.717, 1.165) is 6.07 Å². The topological polar surface area (TPSA) is 69.6 Å². The van der Waals surface area contributed by atoms with Crippen molar-refractivity contribution < 1.29 is 8.78 Å². The van der Waals surface area contributed by atoms with Gasteiger partial charge in [0, 0.05) is 18.7 Å². The second-order valence-corrected chi connectivity index (χ2v) is 4.52. The maximum absolute atomic E-state index is 13.5. The molecule has 21 heavy (non-hydrogen) atoms. The molecule has 106 valence electrons. The quantitative estimate of drug-likeness (QED) is 0.785. The molecule has 0 radical (unpaired) electrons. The van der Waals surface area contributed by atoms with E-state index in [4.69, 9.17) is 5.73 Å². The summed E-state index contributed by atoms with van der Waals surface area (Å²) >= 11 is 0. The Labute approximate surface area is 119 Å². The number of rotatable bonds is 2. The van der Waals surface area contributed by atoms with Crippen molar-refractivity contribution >= 4 is 5.82 Å². The van der Waals surface area contributed by atoms with Crippen molar-refractivity contribution in [1.82, 2.24) is 20.0 Å². The molecule has 0 bridgehead atoms. The number of nitrogens with two attached hydrogens (primary N) is 1. The molecule has 2 heterocycles. The molecule has 5 nitrogen and oxygen atoms in total. The monoisotopic (exact) mass is 287 g/mol. The van der Waals surface area contributed by atoms with Gasteiger partial charge in [-0.3, -0.25) is 4.68 Å². The van der Waals surface area contributed by atoms with Crippen LogP contribution in [0.15, 0.2) is 36.7 Å². The largest absolute Gasteiger partial charge is 0.383 e. The van der Waals surface area contributed by atoms with Crippen LogP contribution in [-0.2, 0) is 7.05 Å². The zero-order chi connectivity index (χ0) is 15.0. The molecule has 0 unspecified atom stereocenters. The Bertz CT molecular complexity index is 778. The molecule has 0 aliphatic heterocycles. The lowest BCUT2D eigenvalue weighted by Crippen LogP contribution is -1.98. The SMILES string of the molecule is Cn1nc(-c2ccnnc2)c(-c2cc(F)cc(F)c2)c1N. The van der Waals surface area contributed by atoms with Crippen LogP contribution in [0.5, 0.6) is 0 Å². The first-order valence-electron chi connectivity index (χ1n) is 6.12. The zero-order valence-electron chi connectivity index (χ0n) is 11.1. The third-order valence-corrected chi connectivity index (χ3v) is 3.10. The number of benzene rings is 1. The van der Waals surface area contributed by atoms with Crippen LogP contribution >= 0.6 is 0 Å². The lowest BCUT2D eigenvalue weighted by atomic mass is 10.0. The average molecular weight is 287 g/mol. The summed E-state index contributed by atoms with van der Waals surface area (Å²) in [4.78, 5) is 0. The molecule has 3 rings (SSSR count). The summed E-state index contributed by atoms with van der Waals surface area (Å²) in [7, 11) is 1.66. The summed E-state index contributed by atoms with van der Waals surface area (Å²) in [6.07, 6.45) is 3.02. The van der Waals surface area contributed by atoms with Crippen molar-refractivity contribution in [1.29, 1.82) is 0 Å². The lowest BCUT2D eigenvalue weighted by Gasteiger charge is -2.05. The van der Waals surface area contributed by atoms with Gasteiger partial charge in [0.15, 0.2) is 0 Å². The Hall–Kier alpha value is -2.83. The second kappa shape index (κ2) is 4.93. The molecule has 7 heteroatoms. The molecule has 3 aromatic rings. The molecule has 0 fully saturated rings. The van der Waals surface area contributed by atoms with E-state index in [2.05, 4.69) is 15.3 Å². The van der Waals surface area contributed by atoms with Crippen LogP contribution in [-0.4, -0.2) is 20.0 Å². The van der Waals surface area contributed by atoms with Gasteiger partial charge < -0.3 is 5.73 Å². The molecule has 1 aromatic carbocycles. The maximum Gasteiger partial charge on any atom is 0.129 e. The number of hydrogen-bond donors (Lipinski definition) is 1. The van der Waals surface area contributed by atoms with Crippen LogP contribution in [0.3, 0.4) is 0 Å². The van der Waals surface area contributed by atoms with E-state index in [1.165, 1.54) is 29.2 Å². The molecule has 2 N–H and O–H groups in total. The van der Waals surface area contributed by atoms with Gasteiger partial charge in [-0.2, -0.15) is 15.3 Å². The Morgan fingerprint density at radius 3 is 2.38 bits per heavy atom. The smallest absolute Gasteiger partial charge is 0.129 e. The van der Waals surface area contributed by atoms with Crippen LogP contribution in [0.2, 0.25) is 0 Å². The fourth-order valence-electron chi connectivity index (χ4n) is 2.15. The first-order chi connectivity index (χ1) is 10.1. The van der Waals surface area contributed by atoms with Crippen LogP contribution < -0.4 is 5.73 Å². The number of aromatic nitrogens is 4. The summed E-state index contributed by atoms with van der Waals surface area (Å²) in [5, 5.41) is 11.8. The van der Waals surface area contributed by atoms with Gasteiger partial charge in [0.1, 0.15) is 23.1 Å². The van der Waals surface area contributed by atoms with Gasteiger partial charge in [0.25, 0.3) is 0 Å². The highest BCUT2D eigenvalue weighted by Crippen LogP contribution is 2.36. The van der Waals surface area contributed by atoms with Crippen molar-refractivity contribution in [3.05, 3.63) is 48.3 Å². The van der Waals surface area contributed by atoms with E-state index < -0.39 is 11.6 Å². The normalized spacial score (nSPS) is 10.8. The molecule has 0 atom stereocenters. The lowest BCUT2D eigenvalue weighted by molar-refractivity contribution is 0.584. The predicted octanol–water partition coefficient (Wildman–Crippen LogP) is 2.40. The molecule has 0 saturated heterocycles. The van der Waals surface area contributed by atoms with Gasteiger partial charge in [-0.15, -0.1) is 0 Å². The van der Waals surface area contributed by atoms with E-state index in [9.17, 15) is 8.78 Å². The first kappa shape index (κ1) is 13.2. The fourth-order valence-corrected chi connectivity index (χ4v) is 2.15. The zero-order valence-corrected chi connectivity index (χ0v) is 11.1. The van der Waals surface area contributed by atoms with Crippen LogP contribution in [0, 0.1) is 11.6 Å². The highest BCUT2D eigenvalue weighted by atomic mass is 19.1. The average Bonchev–Trinajstić information content (AvgIpc) is 2.75. The summed E-state index contributed by atoms with van der Waals surface area (Å²) < 4.78 is 28.4. The minimum absolute atomic E-state index is 0.312. The van der Waals surface area contributed by atoms with E-state index in [-0.39, 0.29) is 0 Å². The van der Waals surface area contributed by atoms with Crippen molar-refractivity contribution in [2.75, 3.05) is 5.73 Å². The van der Waals surface area contributed by atoms with Crippen molar-refractivity contribution in [3.63, 3.8) is 0 Å². The van der Waals surface area contributed by atoms with Crippen molar-refractivity contribution in [2.24, 2.45) is 7.05 Å². The third-order valence-electron chi connectivity index (χ3n) is 3.10. The summed E-state index contributed by atoms with van der Waals surface area (Å²) in [6, 6.07) is 4.95. The molecule has 0 amide bonds. The van der Waals surface area contributed by atoms with E-state index in [1.807, 2.05) is 0 Å². The highest BCUT2D eigenvalue weighted by Gasteiger charge is 2.18. The first-order valence-corrected chi connectivity index (χ1v) is 6.12. The molecule has 0 aliphatic rings. The van der Waals surface area contributed by atoms with Crippen LogP contribution in [0.4, 0.5) is 14.6 Å². The molecule has 0 spiro atoms. The van der Waals surface area contributed by atoms with Gasteiger partial charge in [0.2, 0.25) is 0 Å². The van der Waals surface area contributed by atoms with Crippen molar-refractivity contribution in [3.8, 4) is 22.4 Å². The van der Waals surface area contributed by atoms with Gasteiger partial charge in [-0.1, -0.05) is 0 Å². The van der Waals surface area contributed by atoms with Crippen LogP contribution in [0.1, 0.15) is 0 Å². The molecular weight excluding hydrogens is 276 g/mol. The number of nitrogen functional groups attached to an aromatic ring is 1. The molecule has 2 aromatic heterocycles. The molecule has 0 aliphatic carbocycles. The number of nitrogens with zero attached hydrogens (tertiary/aromatic N) is 4. The second-order valence-electron chi connectivity index (χ2n) is 4.52. The number of hydrogen-bond acceptors (Lipinski definition) is 4. The Morgan fingerprint density at radius 2 is 1.76 bits per heavy atom. The minimum atomic E-state index is -0.674. The maximum atomic E-state index is 13.5. The Kier molecular flexibility index (Phi) is 3.09. The van der Waals surface area contributed by atoms with Gasteiger partial charge in [0.05, 0.1) is 18.0 Å². The van der Waals surface area contributed by atoms with Gasteiger partial charge in [-0.25, -0.2) is 8.78 Å². The third kappa shape index (κ3) is 2.33. The van der Waals surface area contributed by atoms with E-state index in [1.54, 1.807) is 13.1 Å². The van der Waals surface area contributed by atoms with Crippen LogP contribution in [0.25, 0.3) is 22.4 Å². The summed E-state index contributed by atoms with van der Waals surface area (Å²) in [5.74, 6) is -1.04. The van der Waals surface area contributed by atoms with Gasteiger partial charge in [-0.05, 0) is 23.8 Å². The predicted molar refractivity (Wildman–Crippen MR) is 74.0 cm³/mol. The summed E-state index contributed by atoms with van der Waals surface area (Å²) in [6.45, 7) is 0.